The van der Waals surface area contributed by atoms with Gasteiger partial charge in [-0.05, 0) is 95.5 Å². The molecule has 4 rings (SSSR count). The minimum absolute atomic E-state index is 0.0523. The Kier molecular flexibility index (Phi) is 18.9. The Balaban J connectivity index is 1.79. The summed E-state index contributed by atoms with van der Waals surface area (Å²) in [5, 5.41) is 43.5. The fraction of sp³-hybridized carbons (Fsp3) is 0.761. The number of nitrogens with zero attached hydrogens (tertiary/aromatic N) is 1. The summed E-state index contributed by atoms with van der Waals surface area (Å²) in [6.45, 7) is 9.03. The maximum Gasteiger partial charge on any atom is 0.329 e. The van der Waals surface area contributed by atoms with Gasteiger partial charge in [-0.25, -0.2) is 4.79 Å². The number of aliphatic hydroxyl groups is 3. The van der Waals surface area contributed by atoms with Crippen LogP contribution in [0.25, 0.3) is 0 Å². The molecule has 0 unspecified atom stereocenters. The number of fused-ring (bicyclic) bond motifs is 3. The highest BCUT2D eigenvalue weighted by molar-refractivity contribution is 6.39. The largest absolute Gasteiger partial charge is 0.481 e. The van der Waals surface area contributed by atoms with Gasteiger partial charge in [0.25, 0.3) is 11.7 Å². The molecule has 3 aliphatic heterocycles. The van der Waals surface area contributed by atoms with Crippen LogP contribution in [-0.4, -0.2) is 137 Å². The number of allylic oxidation sites excluding steroid dienone is 4. The molecular weight excluding hydrogens is 790 g/mol. The summed E-state index contributed by atoms with van der Waals surface area (Å²) >= 11 is 0. The number of piperidine rings is 1. The first-order valence-corrected chi connectivity index (χ1v) is 22.0. The van der Waals surface area contributed by atoms with Crippen molar-refractivity contribution in [1.29, 1.82) is 0 Å². The third-order valence-electron chi connectivity index (χ3n) is 13.3. The maximum atomic E-state index is 14.4. The number of hydrogen-bond acceptors (Lipinski definition) is 13. The molecule has 0 aromatic rings. The van der Waals surface area contributed by atoms with E-state index in [0.717, 1.165) is 10.5 Å². The molecule has 3 heterocycles. The lowest BCUT2D eigenvalue weighted by Gasteiger charge is -2.47. The Morgan fingerprint density at radius 2 is 1.57 bits per heavy atom. The molecule has 1 amide bonds. The quantitative estimate of drug-likeness (QED) is 0.143. The van der Waals surface area contributed by atoms with Gasteiger partial charge in [0.15, 0.2) is 0 Å². The van der Waals surface area contributed by atoms with E-state index < -0.39 is 95.9 Å². The van der Waals surface area contributed by atoms with Gasteiger partial charge in [0.2, 0.25) is 5.79 Å². The average molecular weight is 862 g/mol. The lowest BCUT2D eigenvalue weighted by molar-refractivity contribution is -0.302. The predicted octanol–water partition coefficient (Wildman–Crippen LogP) is 4.48. The van der Waals surface area contributed by atoms with E-state index in [1.807, 2.05) is 26.0 Å². The lowest BCUT2D eigenvalue weighted by atomic mass is 9.81. The molecule has 15 heteroatoms. The number of cyclic esters (lactones) is 1. The standard InChI is InChI=1S/C46H71NO14/c1-26-19-27(2)21-38(58-7)42-39(59-8)23-29(4)46(56,61-42)43(53)44(54)47-18-12-11-14-33(47)45(55)60-41(28(3)22-31-16-17-34(48)37(24-31)57-6)30(5)35(49)25-36(50)32(20-26)13-9-10-15-40(51)52/h9-10,20,22,27,29-35,37-39,41-42,48-49,56H,11-19,21,23-25H2,1-8H3,(H,51,52)/b10-9+,26-20+,28-22+/t27-,29+,30+,31-,32+,33-,34+,35-,37+,38-,39-,41+,42+,46+/m0/s1. The number of methoxy groups -OCH3 is 3. The molecule has 0 spiro atoms. The Bertz CT molecular complexity index is 1630. The third kappa shape index (κ3) is 12.9. The highest BCUT2D eigenvalue weighted by Crippen LogP contribution is 2.39. The van der Waals surface area contributed by atoms with Gasteiger partial charge >= 0.3 is 11.9 Å². The second-order valence-electron chi connectivity index (χ2n) is 18.1. The number of ketones is 2. The summed E-state index contributed by atoms with van der Waals surface area (Å²) in [5.74, 6) is -9.39. The van der Waals surface area contributed by atoms with Crippen LogP contribution >= 0.6 is 0 Å². The molecule has 2 bridgehead atoms. The van der Waals surface area contributed by atoms with Crippen molar-refractivity contribution in [2.24, 2.45) is 29.6 Å². The van der Waals surface area contributed by atoms with Crippen molar-refractivity contribution in [3.8, 4) is 0 Å². The van der Waals surface area contributed by atoms with Crippen LogP contribution in [-0.2, 0) is 47.7 Å². The van der Waals surface area contributed by atoms with Crippen LogP contribution in [0.5, 0.6) is 0 Å². The summed E-state index contributed by atoms with van der Waals surface area (Å²) < 4.78 is 29.8. The summed E-state index contributed by atoms with van der Waals surface area (Å²) in [4.78, 5) is 69.4. The minimum atomic E-state index is -2.55. The van der Waals surface area contributed by atoms with Crippen LogP contribution in [0.3, 0.4) is 0 Å². The molecule has 15 nitrogen and oxygen atoms in total. The Morgan fingerprint density at radius 1 is 0.902 bits per heavy atom. The van der Waals surface area contributed by atoms with Gasteiger partial charge in [0.1, 0.15) is 24.0 Å². The molecule has 344 valence electrons. The molecular formula is C46H71NO14. The van der Waals surface area contributed by atoms with E-state index in [9.17, 15) is 44.4 Å². The SMILES string of the molecule is CO[C@H]1C[C@@H](C)C/C(C)=C/[C@@H](C/C=C/CC(=O)O)C(=O)C[C@H](O)[C@@H](C)[C@@H](/C(C)=C/[C@@H]2CC[C@@H](O)[C@H](OC)C2)OC(=O)[C@@H]2CCCCN2C(=O)C(=O)[C@]2(O)O[C@H]1[C@@H](OC)C[C@H]2C. The smallest absolute Gasteiger partial charge is 0.329 e. The number of amides is 1. The first-order valence-electron chi connectivity index (χ1n) is 22.0. The number of rotatable bonds is 9. The number of carbonyl (C=O) groups is 5. The van der Waals surface area contributed by atoms with Crippen LogP contribution in [0.1, 0.15) is 112 Å². The topological polar surface area (TPSA) is 216 Å². The van der Waals surface area contributed by atoms with E-state index >= 15 is 0 Å². The van der Waals surface area contributed by atoms with Gasteiger partial charge in [-0.2, -0.15) is 0 Å². The fourth-order valence-electron chi connectivity index (χ4n) is 9.67. The lowest BCUT2D eigenvalue weighted by Crippen LogP contribution is -2.64. The monoisotopic (exact) mass is 861 g/mol. The minimum Gasteiger partial charge on any atom is -0.481 e. The summed E-state index contributed by atoms with van der Waals surface area (Å²) in [6, 6.07) is -1.18. The number of aliphatic hydroxyl groups excluding tert-OH is 2. The number of Topliss-reactive ketones (excluding diaryl/α,β-unsaturated/α-hetero) is 2. The second-order valence-corrected chi connectivity index (χ2v) is 18.1. The molecule has 0 aromatic heterocycles. The van der Waals surface area contributed by atoms with Crippen molar-refractivity contribution in [2.45, 2.75) is 166 Å². The van der Waals surface area contributed by atoms with Crippen molar-refractivity contribution >= 4 is 29.4 Å². The van der Waals surface area contributed by atoms with Gasteiger partial charge in [0.05, 0.1) is 36.9 Å². The van der Waals surface area contributed by atoms with E-state index in [0.29, 0.717) is 50.5 Å². The summed E-state index contributed by atoms with van der Waals surface area (Å²) in [7, 11) is 4.54. The van der Waals surface area contributed by atoms with Gasteiger partial charge in [0, 0.05) is 52.0 Å². The third-order valence-corrected chi connectivity index (χ3v) is 13.3. The van der Waals surface area contributed by atoms with Crippen molar-refractivity contribution in [2.75, 3.05) is 27.9 Å². The number of ether oxygens (including phenoxy) is 5. The van der Waals surface area contributed by atoms with E-state index in [1.165, 1.54) is 20.3 Å². The second kappa shape index (κ2) is 22.9. The fourth-order valence-corrected chi connectivity index (χ4v) is 9.67. The van der Waals surface area contributed by atoms with Crippen molar-refractivity contribution < 1.29 is 68.1 Å². The number of carboxylic acids is 1. The van der Waals surface area contributed by atoms with Crippen molar-refractivity contribution in [1.82, 2.24) is 4.90 Å². The molecule has 14 atom stereocenters. The molecule has 61 heavy (non-hydrogen) atoms. The zero-order chi connectivity index (χ0) is 45.2. The van der Waals surface area contributed by atoms with Crippen LogP contribution in [0.2, 0.25) is 0 Å². The molecule has 4 N–H and O–H groups in total. The zero-order valence-corrected chi connectivity index (χ0v) is 37.3. The van der Waals surface area contributed by atoms with Gasteiger partial charge in [-0.1, -0.05) is 50.6 Å². The highest BCUT2D eigenvalue weighted by Gasteiger charge is 2.56. The molecule has 4 aliphatic rings. The summed E-state index contributed by atoms with van der Waals surface area (Å²) in [5.41, 5.74) is 1.48. The first-order chi connectivity index (χ1) is 28.8. The van der Waals surface area contributed by atoms with E-state index in [4.69, 9.17) is 23.7 Å². The van der Waals surface area contributed by atoms with E-state index in [1.54, 1.807) is 34.0 Å². The first kappa shape index (κ1) is 50.3. The number of carboxylic acid groups (broad SMARTS) is 1. The Morgan fingerprint density at radius 3 is 2.23 bits per heavy atom. The van der Waals surface area contributed by atoms with Crippen LogP contribution in [0.4, 0.5) is 0 Å². The average Bonchev–Trinajstić information content (AvgIpc) is 3.22. The molecule has 1 aliphatic carbocycles. The normalized spacial score (nSPS) is 39.2. The molecule has 0 radical (unpaired) electrons. The predicted molar refractivity (Wildman–Crippen MR) is 224 cm³/mol. The number of esters is 1. The van der Waals surface area contributed by atoms with E-state index in [-0.39, 0.29) is 56.3 Å². The molecule has 3 fully saturated rings. The van der Waals surface area contributed by atoms with E-state index in [2.05, 4.69) is 0 Å². The number of hydrogen-bond donors (Lipinski definition) is 4. The van der Waals surface area contributed by atoms with Gasteiger partial charge in [-0.3, -0.25) is 19.2 Å². The Labute approximate surface area is 360 Å². The van der Waals surface area contributed by atoms with Crippen molar-refractivity contribution in [3.05, 3.63) is 35.5 Å². The van der Waals surface area contributed by atoms with Crippen LogP contribution in [0.15, 0.2) is 35.5 Å². The highest BCUT2D eigenvalue weighted by atomic mass is 16.7. The number of carbonyl (C=O) groups excluding carboxylic acids is 4. The summed E-state index contributed by atoms with van der Waals surface area (Å²) in [6.07, 6.45) is 5.07. The number of aliphatic carboxylic acids is 1. The Hall–Kier alpha value is -3.31. The molecule has 2 saturated heterocycles. The van der Waals surface area contributed by atoms with Gasteiger partial charge < -0.3 is 49.0 Å². The maximum absolute atomic E-state index is 14.4. The van der Waals surface area contributed by atoms with Gasteiger partial charge in [-0.15, -0.1) is 0 Å². The molecule has 1 saturated carbocycles. The van der Waals surface area contributed by atoms with Crippen LogP contribution in [0, 0.1) is 29.6 Å². The van der Waals surface area contributed by atoms with Crippen molar-refractivity contribution in [3.63, 3.8) is 0 Å². The zero-order valence-electron chi connectivity index (χ0n) is 37.3. The van der Waals surface area contributed by atoms with Crippen LogP contribution < -0.4 is 0 Å². The molecule has 0 aromatic carbocycles.